The summed E-state index contributed by atoms with van der Waals surface area (Å²) in [6.45, 7) is 2.29. The Bertz CT molecular complexity index is 591. The van der Waals surface area contributed by atoms with Crippen LogP contribution in [0, 0.1) is 6.92 Å². The van der Waals surface area contributed by atoms with Crippen molar-refractivity contribution < 1.29 is 5.11 Å². The molecule has 0 amide bonds. The highest BCUT2D eigenvalue weighted by atomic mass is 79.9. The first kappa shape index (κ1) is 12.5. The van der Waals surface area contributed by atoms with Gasteiger partial charge in [-0.1, -0.05) is 0 Å². The van der Waals surface area contributed by atoms with Crippen LogP contribution in [0.5, 0.6) is 0 Å². The van der Waals surface area contributed by atoms with Crippen LogP contribution in [-0.4, -0.2) is 14.7 Å². The molecule has 2 aromatic heterocycles. The molecule has 0 radical (unpaired) electrons. The van der Waals surface area contributed by atoms with Gasteiger partial charge in [-0.2, -0.15) is 0 Å². The molecule has 0 spiro atoms. The quantitative estimate of drug-likeness (QED) is 0.941. The van der Waals surface area contributed by atoms with Crippen molar-refractivity contribution >= 4 is 27.3 Å². The summed E-state index contributed by atoms with van der Waals surface area (Å²) in [5, 5.41) is 9.92. The summed E-state index contributed by atoms with van der Waals surface area (Å²) in [5.41, 5.74) is 0.766. The van der Waals surface area contributed by atoms with Gasteiger partial charge in [0.1, 0.15) is 5.01 Å². The third-order valence-corrected chi connectivity index (χ3v) is 3.93. The SMILES string of the molecule is Cc1nc(Cn2cc(Br)ccc2=O)sc1CO. The van der Waals surface area contributed by atoms with Gasteiger partial charge in [0.2, 0.25) is 0 Å². The van der Waals surface area contributed by atoms with E-state index in [0.717, 1.165) is 20.1 Å². The molecule has 0 aliphatic rings. The van der Waals surface area contributed by atoms with Gasteiger partial charge in [0.15, 0.2) is 0 Å². The number of halogens is 1. The Labute approximate surface area is 111 Å². The van der Waals surface area contributed by atoms with E-state index >= 15 is 0 Å². The molecule has 17 heavy (non-hydrogen) atoms. The number of rotatable bonds is 3. The zero-order valence-corrected chi connectivity index (χ0v) is 11.6. The lowest BCUT2D eigenvalue weighted by Crippen LogP contribution is -2.18. The van der Waals surface area contributed by atoms with E-state index in [0.29, 0.717) is 6.54 Å². The summed E-state index contributed by atoms with van der Waals surface area (Å²) in [6, 6.07) is 3.22. The van der Waals surface area contributed by atoms with Gasteiger partial charge < -0.3 is 9.67 Å². The molecule has 2 heterocycles. The average molecular weight is 315 g/mol. The van der Waals surface area contributed by atoms with Gasteiger partial charge >= 0.3 is 0 Å². The maximum absolute atomic E-state index is 11.6. The van der Waals surface area contributed by atoms with Crippen molar-refractivity contribution in [1.82, 2.24) is 9.55 Å². The third kappa shape index (κ3) is 2.83. The van der Waals surface area contributed by atoms with Crippen molar-refractivity contribution in [2.45, 2.75) is 20.1 Å². The highest BCUT2D eigenvalue weighted by Crippen LogP contribution is 2.18. The first-order chi connectivity index (χ1) is 8.10. The van der Waals surface area contributed by atoms with Crippen LogP contribution >= 0.6 is 27.3 Å². The molecule has 4 nitrogen and oxygen atoms in total. The highest BCUT2D eigenvalue weighted by Gasteiger charge is 2.07. The average Bonchev–Trinajstić information content (AvgIpc) is 2.64. The fraction of sp³-hybridized carbons (Fsp3) is 0.273. The number of aryl methyl sites for hydroxylation is 1. The van der Waals surface area contributed by atoms with Gasteiger partial charge in [0, 0.05) is 16.7 Å². The van der Waals surface area contributed by atoms with Crippen molar-refractivity contribution in [3.05, 3.63) is 48.7 Å². The lowest BCUT2D eigenvalue weighted by molar-refractivity contribution is 0.284. The molecule has 2 aromatic rings. The molecule has 0 aliphatic heterocycles. The number of thiazole rings is 1. The van der Waals surface area contributed by atoms with Crippen LogP contribution in [-0.2, 0) is 13.2 Å². The van der Waals surface area contributed by atoms with Gasteiger partial charge in [0.25, 0.3) is 5.56 Å². The Balaban J connectivity index is 2.31. The molecule has 0 aliphatic carbocycles. The predicted molar refractivity (Wildman–Crippen MR) is 70.3 cm³/mol. The van der Waals surface area contributed by atoms with E-state index in [9.17, 15) is 4.79 Å². The molecule has 0 atom stereocenters. The second kappa shape index (κ2) is 5.12. The summed E-state index contributed by atoms with van der Waals surface area (Å²) in [7, 11) is 0. The normalized spacial score (nSPS) is 10.8. The number of nitrogens with zero attached hydrogens (tertiary/aromatic N) is 2. The molecule has 2 rings (SSSR count). The largest absolute Gasteiger partial charge is 0.391 e. The minimum absolute atomic E-state index is 0.00309. The maximum Gasteiger partial charge on any atom is 0.250 e. The van der Waals surface area contributed by atoms with E-state index in [1.807, 2.05) is 6.92 Å². The Kier molecular flexibility index (Phi) is 3.76. The lowest BCUT2D eigenvalue weighted by atomic mass is 10.4. The molecule has 0 aromatic carbocycles. The first-order valence-corrected chi connectivity index (χ1v) is 6.63. The van der Waals surface area contributed by atoms with E-state index in [2.05, 4.69) is 20.9 Å². The predicted octanol–water partition coefficient (Wildman–Crippen LogP) is 1.92. The molecule has 90 valence electrons. The minimum Gasteiger partial charge on any atom is -0.391 e. The van der Waals surface area contributed by atoms with Gasteiger partial charge in [-0.15, -0.1) is 11.3 Å². The standard InChI is InChI=1S/C11H11BrN2O2S/c1-7-9(6-15)17-10(13-7)5-14-4-8(12)2-3-11(14)16/h2-4,15H,5-6H2,1H3. The zero-order chi connectivity index (χ0) is 12.4. The van der Waals surface area contributed by atoms with E-state index < -0.39 is 0 Å². The number of aliphatic hydroxyl groups excluding tert-OH is 1. The van der Waals surface area contributed by atoms with Crippen molar-refractivity contribution in [3.8, 4) is 0 Å². The molecule has 0 saturated heterocycles. The minimum atomic E-state index is -0.0633. The molecule has 1 N–H and O–H groups in total. The van der Waals surface area contributed by atoms with Gasteiger partial charge in [-0.3, -0.25) is 4.79 Å². The van der Waals surface area contributed by atoms with Gasteiger partial charge in [-0.05, 0) is 28.9 Å². The van der Waals surface area contributed by atoms with Crippen LogP contribution in [0.1, 0.15) is 15.6 Å². The summed E-state index contributed by atoms with van der Waals surface area (Å²) in [4.78, 5) is 16.8. The lowest BCUT2D eigenvalue weighted by Gasteiger charge is -2.02. The second-order valence-corrected chi connectivity index (χ2v) is 5.67. The van der Waals surface area contributed by atoms with Crippen LogP contribution in [0.2, 0.25) is 0 Å². The topological polar surface area (TPSA) is 55.1 Å². The summed E-state index contributed by atoms with van der Waals surface area (Å²) < 4.78 is 2.44. The third-order valence-electron chi connectivity index (χ3n) is 2.33. The maximum atomic E-state index is 11.6. The van der Waals surface area contributed by atoms with Crippen LogP contribution in [0.4, 0.5) is 0 Å². The van der Waals surface area contributed by atoms with Crippen molar-refractivity contribution in [2.24, 2.45) is 0 Å². The van der Waals surface area contributed by atoms with Crippen LogP contribution in [0.3, 0.4) is 0 Å². The molecule has 6 heteroatoms. The highest BCUT2D eigenvalue weighted by molar-refractivity contribution is 9.10. The molecular weight excluding hydrogens is 304 g/mol. The fourth-order valence-electron chi connectivity index (χ4n) is 1.47. The molecule has 0 saturated carbocycles. The number of aromatic nitrogens is 2. The molecule has 0 fully saturated rings. The van der Waals surface area contributed by atoms with Crippen molar-refractivity contribution in [2.75, 3.05) is 0 Å². The van der Waals surface area contributed by atoms with Crippen LogP contribution in [0.25, 0.3) is 0 Å². The smallest absolute Gasteiger partial charge is 0.250 e. The Hall–Kier alpha value is -0.980. The van der Waals surface area contributed by atoms with Gasteiger partial charge in [0.05, 0.1) is 23.7 Å². The number of hydrogen-bond acceptors (Lipinski definition) is 4. The van der Waals surface area contributed by atoms with E-state index in [-0.39, 0.29) is 12.2 Å². The Morgan fingerprint density at radius 2 is 2.29 bits per heavy atom. The van der Waals surface area contributed by atoms with Crippen LogP contribution in [0.15, 0.2) is 27.6 Å². The Morgan fingerprint density at radius 3 is 2.94 bits per heavy atom. The molecular formula is C11H11BrN2O2S. The number of hydrogen-bond donors (Lipinski definition) is 1. The monoisotopic (exact) mass is 314 g/mol. The fourth-order valence-corrected chi connectivity index (χ4v) is 2.78. The van der Waals surface area contributed by atoms with E-state index in [4.69, 9.17) is 5.11 Å². The van der Waals surface area contributed by atoms with Crippen molar-refractivity contribution in [3.63, 3.8) is 0 Å². The number of pyridine rings is 1. The van der Waals surface area contributed by atoms with Crippen LogP contribution < -0.4 is 5.56 Å². The van der Waals surface area contributed by atoms with E-state index in [1.165, 1.54) is 17.4 Å². The molecule has 0 bridgehead atoms. The van der Waals surface area contributed by atoms with E-state index in [1.54, 1.807) is 16.8 Å². The number of aliphatic hydroxyl groups is 1. The zero-order valence-electron chi connectivity index (χ0n) is 9.18. The summed E-state index contributed by atoms with van der Waals surface area (Å²) >= 11 is 4.76. The molecule has 0 unspecified atom stereocenters. The van der Waals surface area contributed by atoms with Gasteiger partial charge in [-0.25, -0.2) is 4.98 Å². The summed E-state index contributed by atoms with van der Waals surface area (Å²) in [6.07, 6.45) is 1.73. The first-order valence-electron chi connectivity index (χ1n) is 5.02. The van der Waals surface area contributed by atoms with Crippen molar-refractivity contribution in [1.29, 1.82) is 0 Å². The second-order valence-electron chi connectivity index (χ2n) is 3.59. The Morgan fingerprint density at radius 1 is 1.53 bits per heavy atom. The summed E-state index contributed by atoms with van der Waals surface area (Å²) in [5.74, 6) is 0.